The number of benzene rings is 1. The fraction of sp³-hybridized carbons (Fsp3) is 0.300. The molecule has 1 aromatic heterocycles. The zero-order chi connectivity index (χ0) is 11.8. The maximum atomic E-state index is 11.4. The van der Waals surface area contributed by atoms with Crippen LogP contribution in [-0.2, 0) is 15.3 Å². The molecule has 1 unspecified atom stereocenters. The molecule has 6 heteroatoms. The molecule has 1 heterocycles. The lowest BCUT2D eigenvalue weighted by atomic mass is 10.2. The van der Waals surface area contributed by atoms with E-state index in [0.717, 1.165) is 0 Å². The molecule has 0 bridgehead atoms. The van der Waals surface area contributed by atoms with Crippen LogP contribution >= 0.6 is 0 Å². The van der Waals surface area contributed by atoms with Gasteiger partial charge in [0, 0.05) is 7.11 Å². The summed E-state index contributed by atoms with van der Waals surface area (Å²) in [5, 5.41) is 7.84. The van der Waals surface area contributed by atoms with Gasteiger partial charge in [-0.1, -0.05) is 17.3 Å². The van der Waals surface area contributed by atoms with Crippen molar-refractivity contribution in [2.75, 3.05) is 7.11 Å². The number of para-hydroxylation sites is 1. The summed E-state index contributed by atoms with van der Waals surface area (Å²) in [5.74, 6) is -0.620. The second-order valence-corrected chi connectivity index (χ2v) is 3.54. The third-order valence-corrected chi connectivity index (χ3v) is 2.61. The third kappa shape index (κ3) is 1.35. The van der Waals surface area contributed by atoms with Gasteiger partial charge in [-0.05, 0) is 19.1 Å². The quantitative estimate of drug-likeness (QED) is 0.802. The van der Waals surface area contributed by atoms with Crippen LogP contribution in [0.25, 0.3) is 11.0 Å². The van der Waals surface area contributed by atoms with Gasteiger partial charge in [0.15, 0.2) is 0 Å². The normalized spacial score (nSPS) is 14.9. The number of primary amides is 1. The number of nitrogens with two attached hydrogens (primary N) is 1. The number of amides is 1. The number of hydrogen-bond acceptors (Lipinski definition) is 4. The Morgan fingerprint density at radius 3 is 2.81 bits per heavy atom. The van der Waals surface area contributed by atoms with Crippen LogP contribution in [0, 0.1) is 0 Å². The largest absolute Gasteiger partial charge is 0.365 e. The Hall–Kier alpha value is -1.95. The molecule has 0 aliphatic heterocycles. The first-order valence-corrected chi connectivity index (χ1v) is 4.75. The zero-order valence-electron chi connectivity index (χ0n) is 9.04. The van der Waals surface area contributed by atoms with E-state index in [1.807, 2.05) is 12.1 Å². The highest BCUT2D eigenvalue weighted by atomic mass is 16.5. The van der Waals surface area contributed by atoms with Gasteiger partial charge in [0.25, 0.3) is 5.91 Å². The number of ether oxygens (including phenoxy) is 1. The minimum Gasteiger partial charge on any atom is -0.365 e. The van der Waals surface area contributed by atoms with Crippen molar-refractivity contribution in [3.8, 4) is 0 Å². The average Bonchev–Trinajstić information content (AvgIpc) is 2.72. The van der Waals surface area contributed by atoms with Crippen molar-refractivity contribution in [1.82, 2.24) is 15.0 Å². The van der Waals surface area contributed by atoms with Crippen molar-refractivity contribution in [2.24, 2.45) is 5.73 Å². The molecular weight excluding hydrogens is 208 g/mol. The number of carbonyl (C=O) groups is 1. The highest BCUT2D eigenvalue weighted by Gasteiger charge is 2.35. The number of hydrogen-bond donors (Lipinski definition) is 1. The van der Waals surface area contributed by atoms with Crippen molar-refractivity contribution in [3.63, 3.8) is 0 Å². The lowest BCUT2D eigenvalue weighted by Crippen LogP contribution is -2.46. The maximum absolute atomic E-state index is 11.4. The monoisotopic (exact) mass is 220 g/mol. The summed E-state index contributed by atoms with van der Waals surface area (Å²) >= 11 is 0. The van der Waals surface area contributed by atoms with Gasteiger partial charge in [0.1, 0.15) is 5.52 Å². The Balaban J connectivity index is 2.67. The van der Waals surface area contributed by atoms with Crippen LogP contribution in [0.2, 0.25) is 0 Å². The fourth-order valence-electron chi connectivity index (χ4n) is 1.48. The van der Waals surface area contributed by atoms with E-state index in [9.17, 15) is 4.79 Å². The van der Waals surface area contributed by atoms with Crippen molar-refractivity contribution in [1.29, 1.82) is 0 Å². The number of nitrogens with zero attached hydrogens (tertiary/aromatic N) is 3. The van der Waals surface area contributed by atoms with Gasteiger partial charge < -0.3 is 10.5 Å². The molecule has 0 saturated heterocycles. The van der Waals surface area contributed by atoms with Crippen LogP contribution in [0.5, 0.6) is 0 Å². The molecule has 2 N–H and O–H groups in total. The molecule has 1 atom stereocenters. The van der Waals surface area contributed by atoms with Crippen LogP contribution in [-0.4, -0.2) is 28.0 Å². The minimum atomic E-state index is -1.32. The second kappa shape index (κ2) is 3.57. The van der Waals surface area contributed by atoms with E-state index < -0.39 is 11.6 Å². The van der Waals surface area contributed by atoms with Crippen LogP contribution < -0.4 is 5.73 Å². The molecule has 0 aliphatic carbocycles. The molecule has 0 saturated carbocycles. The molecule has 2 aromatic rings. The van der Waals surface area contributed by atoms with E-state index in [1.165, 1.54) is 11.8 Å². The van der Waals surface area contributed by atoms with Crippen LogP contribution in [0.4, 0.5) is 0 Å². The third-order valence-electron chi connectivity index (χ3n) is 2.61. The lowest BCUT2D eigenvalue weighted by Gasteiger charge is -2.24. The van der Waals surface area contributed by atoms with E-state index in [-0.39, 0.29) is 0 Å². The summed E-state index contributed by atoms with van der Waals surface area (Å²) < 4.78 is 6.52. The van der Waals surface area contributed by atoms with Crippen LogP contribution in [0.15, 0.2) is 24.3 Å². The van der Waals surface area contributed by atoms with Gasteiger partial charge >= 0.3 is 0 Å². The number of carbonyl (C=O) groups excluding carboxylic acids is 1. The summed E-state index contributed by atoms with van der Waals surface area (Å²) in [6.07, 6.45) is 0. The molecule has 1 aromatic carbocycles. The zero-order valence-corrected chi connectivity index (χ0v) is 9.04. The van der Waals surface area contributed by atoms with Gasteiger partial charge in [-0.3, -0.25) is 4.79 Å². The number of rotatable bonds is 3. The second-order valence-electron chi connectivity index (χ2n) is 3.54. The Morgan fingerprint density at radius 2 is 2.19 bits per heavy atom. The molecule has 0 spiro atoms. The molecule has 16 heavy (non-hydrogen) atoms. The molecule has 84 valence electrons. The van der Waals surface area contributed by atoms with E-state index in [0.29, 0.717) is 11.0 Å². The Labute approximate surface area is 92.0 Å². The van der Waals surface area contributed by atoms with Gasteiger partial charge in [-0.15, -0.1) is 5.10 Å². The molecule has 0 aliphatic rings. The molecule has 0 fully saturated rings. The van der Waals surface area contributed by atoms with E-state index >= 15 is 0 Å². The highest BCUT2D eigenvalue weighted by Crippen LogP contribution is 2.21. The Morgan fingerprint density at radius 1 is 1.50 bits per heavy atom. The first-order valence-electron chi connectivity index (χ1n) is 4.75. The fourth-order valence-corrected chi connectivity index (χ4v) is 1.48. The summed E-state index contributed by atoms with van der Waals surface area (Å²) in [7, 11) is 1.40. The SMILES string of the molecule is COC(C)(C(N)=O)n1nnc2ccccc21. The van der Waals surface area contributed by atoms with E-state index in [1.54, 1.807) is 19.1 Å². The first-order chi connectivity index (χ1) is 7.59. The lowest BCUT2D eigenvalue weighted by molar-refractivity contribution is -0.151. The van der Waals surface area contributed by atoms with Crippen LogP contribution in [0.3, 0.4) is 0 Å². The van der Waals surface area contributed by atoms with Crippen LogP contribution in [0.1, 0.15) is 6.92 Å². The summed E-state index contributed by atoms with van der Waals surface area (Å²) in [4.78, 5) is 11.4. The van der Waals surface area contributed by atoms with Gasteiger partial charge in [-0.2, -0.15) is 0 Å². The topological polar surface area (TPSA) is 83.0 Å². The summed E-state index contributed by atoms with van der Waals surface area (Å²) in [6, 6.07) is 7.28. The van der Waals surface area contributed by atoms with Gasteiger partial charge in [0.05, 0.1) is 5.52 Å². The minimum absolute atomic E-state index is 0.620. The smallest absolute Gasteiger partial charge is 0.272 e. The number of fused-ring (bicyclic) bond motifs is 1. The first kappa shape index (κ1) is 10.6. The van der Waals surface area contributed by atoms with E-state index in [4.69, 9.17) is 10.5 Å². The van der Waals surface area contributed by atoms with Crippen molar-refractivity contribution >= 4 is 16.9 Å². The Kier molecular flexibility index (Phi) is 2.35. The average molecular weight is 220 g/mol. The predicted molar refractivity (Wildman–Crippen MR) is 57.4 cm³/mol. The predicted octanol–water partition coefficient (Wildman–Crippen LogP) is 0.236. The number of methoxy groups -OCH3 is 1. The summed E-state index contributed by atoms with van der Waals surface area (Å²) in [6.45, 7) is 1.55. The standard InChI is InChI=1S/C10H12N4O2/c1-10(16-2,9(11)15)14-8-6-4-3-5-7(8)12-13-14/h3-6H,1-2H3,(H2,11,15). The van der Waals surface area contributed by atoms with Crippen molar-refractivity contribution in [3.05, 3.63) is 24.3 Å². The maximum Gasteiger partial charge on any atom is 0.272 e. The summed E-state index contributed by atoms with van der Waals surface area (Å²) in [5.41, 5.74) is 5.37. The number of aromatic nitrogens is 3. The van der Waals surface area contributed by atoms with Gasteiger partial charge in [-0.25, -0.2) is 4.68 Å². The van der Waals surface area contributed by atoms with Gasteiger partial charge in [0.2, 0.25) is 5.72 Å². The van der Waals surface area contributed by atoms with E-state index in [2.05, 4.69) is 10.3 Å². The molecule has 6 nitrogen and oxygen atoms in total. The highest BCUT2D eigenvalue weighted by molar-refractivity contribution is 5.83. The molecular formula is C10H12N4O2. The molecule has 2 rings (SSSR count). The molecule has 0 radical (unpaired) electrons. The molecule has 1 amide bonds. The Bertz CT molecular complexity index is 536. The van der Waals surface area contributed by atoms with Crippen molar-refractivity contribution < 1.29 is 9.53 Å². The van der Waals surface area contributed by atoms with Crippen molar-refractivity contribution in [2.45, 2.75) is 12.6 Å².